The van der Waals surface area contributed by atoms with E-state index in [9.17, 15) is 14.4 Å². The summed E-state index contributed by atoms with van der Waals surface area (Å²) in [6.45, 7) is 11.1. The number of hydrogen-bond donors (Lipinski definition) is 2. The third kappa shape index (κ3) is 5.69. The van der Waals surface area contributed by atoms with Crippen molar-refractivity contribution in [2.45, 2.75) is 70.5 Å². The Labute approximate surface area is 208 Å². The summed E-state index contributed by atoms with van der Waals surface area (Å²) >= 11 is 0. The third-order valence-corrected chi connectivity index (χ3v) is 8.01. The summed E-state index contributed by atoms with van der Waals surface area (Å²) in [4.78, 5) is 45.4. The molecule has 1 aromatic heterocycles. The second-order valence-corrected chi connectivity index (χ2v) is 10.4. The molecule has 1 saturated carbocycles. The van der Waals surface area contributed by atoms with E-state index in [0.717, 1.165) is 71.4 Å². The van der Waals surface area contributed by atoms with Crippen LogP contribution < -0.4 is 10.6 Å². The lowest BCUT2D eigenvalue weighted by Gasteiger charge is -2.41. The van der Waals surface area contributed by atoms with Crippen LogP contribution in [0.2, 0.25) is 0 Å². The van der Waals surface area contributed by atoms with Gasteiger partial charge in [-0.05, 0) is 39.3 Å². The van der Waals surface area contributed by atoms with E-state index in [1.54, 1.807) is 14.0 Å². The Balaban J connectivity index is 1.31. The van der Waals surface area contributed by atoms with Gasteiger partial charge in [-0.25, -0.2) is 0 Å². The third-order valence-electron chi connectivity index (χ3n) is 8.01. The number of piperazine rings is 1. The van der Waals surface area contributed by atoms with Crippen molar-refractivity contribution in [3.8, 4) is 0 Å². The molecule has 1 aliphatic carbocycles. The van der Waals surface area contributed by atoms with E-state index in [-0.39, 0.29) is 36.0 Å². The lowest BCUT2D eigenvalue weighted by Crippen LogP contribution is -2.63. The first-order valence-corrected chi connectivity index (χ1v) is 13.2. The largest absolute Gasteiger partial charge is 0.351 e. The maximum Gasteiger partial charge on any atom is 0.272 e. The molecule has 0 bridgehead atoms. The van der Waals surface area contributed by atoms with Gasteiger partial charge in [-0.3, -0.25) is 19.1 Å². The van der Waals surface area contributed by atoms with Gasteiger partial charge in [0.15, 0.2) is 5.69 Å². The molecule has 194 valence electrons. The molecule has 1 unspecified atom stereocenters. The van der Waals surface area contributed by atoms with Crippen molar-refractivity contribution < 1.29 is 14.4 Å². The molecule has 3 aliphatic rings. The van der Waals surface area contributed by atoms with Gasteiger partial charge in [-0.1, -0.05) is 26.2 Å². The topological polar surface area (TPSA) is 103 Å². The fourth-order valence-electron chi connectivity index (χ4n) is 5.35. The molecule has 4 rings (SSSR count). The number of rotatable bonds is 8. The Hall–Kier alpha value is -2.46. The summed E-state index contributed by atoms with van der Waals surface area (Å²) in [7, 11) is 1.65. The molecule has 10 heteroatoms. The zero-order valence-corrected chi connectivity index (χ0v) is 21.5. The van der Waals surface area contributed by atoms with E-state index in [1.165, 1.54) is 22.1 Å². The van der Waals surface area contributed by atoms with Gasteiger partial charge in [0.1, 0.15) is 11.2 Å². The van der Waals surface area contributed by atoms with Crippen molar-refractivity contribution in [1.82, 2.24) is 35.1 Å². The highest BCUT2D eigenvalue weighted by Gasteiger charge is 2.46. The molecule has 0 aromatic carbocycles. The smallest absolute Gasteiger partial charge is 0.272 e. The molecule has 10 nitrogen and oxygen atoms in total. The summed E-state index contributed by atoms with van der Waals surface area (Å²) in [5, 5.41) is 10.5. The molecular formula is C25H41N7O3. The summed E-state index contributed by atoms with van der Waals surface area (Å²) < 4.78 is 1.52. The molecule has 35 heavy (non-hydrogen) atoms. The Kier molecular flexibility index (Phi) is 8.11. The minimum Gasteiger partial charge on any atom is -0.351 e. The fraction of sp³-hybridized carbons (Fsp3) is 0.760. The van der Waals surface area contributed by atoms with Crippen molar-refractivity contribution in [1.29, 1.82) is 0 Å². The van der Waals surface area contributed by atoms with Crippen LogP contribution in [-0.4, -0.2) is 107 Å². The number of likely N-dealkylation sites (N-methyl/N-ethyl adjacent to an activating group) is 2. The van der Waals surface area contributed by atoms with Crippen LogP contribution in [0.4, 0.5) is 0 Å². The van der Waals surface area contributed by atoms with E-state index < -0.39 is 5.54 Å². The SMILES string of the molecule is CCN1CCN(CCCNC(=O)c2cc3n(n2)CC(C)(C(=O)NC2CCCCC2)N(C)C3=O)CC1. The zero-order valence-electron chi connectivity index (χ0n) is 21.5. The van der Waals surface area contributed by atoms with Crippen molar-refractivity contribution in [2.24, 2.45) is 0 Å². The van der Waals surface area contributed by atoms with Gasteiger partial charge < -0.3 is 25.3 Å². The first-order chi connectivity index (χ1) is 16.8. The van der Waals surface area contributed by atoms with Crippen LogP contribution in [0.1, 0.15) is 73.3 Å². The van der Waals surface area contributed by atoms with Gasteiger partial charge in [0.25, 0.3) is 11.8 Å². The van der Waals surface area contributed by atoms with Crippen molar-refractivity contribution in [3.05, 3.63) is 17.5 Å². The van der Waals surface area contributed by atoms with Gasteiger partial charge in [-0.15, -0.1) is 0 Å². The van der Waals surface area contributed by atoms with Crippen LogP contribution in [0, 0.1) is 0 Å². The molecular weight excluding hydrogens is 446 g/mol. The summed E-state index contributed by atoms with van der Waals surface area (Å²) in [6.07, 6.45) is 6.27. The number of hydrogen-bond acceptors (Lipinski definition) is 6. The minimum absolute atomic E-state index is 0.160. The molecule has 1 saturated heterocycles. The number of carbonyl (C=O) groups excluding carboxylic acids is 3. The van der Waals surface area contributed by atoms with Crippen LogP contribution in [0.15, 0.2) is 6.07 Å². The summed E-state index contributed by atoms with van der Waals surface area (Å²) in [6, 6.07) is 1.70. The fourth-order valence-corrected chi connectivity index (χ4v) is 5.35. The van der Waals surface area contributed by atoms with Gasteiger partial charge >= 0.3 is 0 Å². The quantitative estimate of drug-likeness (QED) is 0.529. The molecule has 2 fully saturated rings. The van der Waals surface area contributed by atoms with Gasteiger partial charge in [0.05, 0.1) is 6.54 Å². The van der Waals surface area contributed by atoms with Crippen molar-refractivity contribution in [2.75, 3.05) is 52.9 Å². The Morgan fingerprint density at radius 1 is 1.11 bits per heavy atom. The molecule has 3 amide bonds. The van der Waals surface area contributed by atoms with E-state index in [2.05, 4.69) is 32.5 Å². The number of carbonyl (C=O) groups is 3. The molecule has 1 aromatic rings. The highest BCUT2D eigenvalue weighted by atomic mass is 16.2. The van der Waals surface area contributed by atoms with Crippen LogP contribution >= 0.6 is 0 Å². The normalized spacial score (nSPS) is 24.3. The van der Waals surface area contributed by atoms with E-state index in [0.29, 0.717) is 12.2 Å². The minimum atomic E-state index is -1.05. The molecule has 1 atom stereocenters. The van der Waals surface area contributed by atoms with Gasteiger partial charge in [-0.2, -0.15) is 5.10 Å². The predicted octanol–water partition coefficient (Wildman–Crippen LogP) is 0.934. The van der Waals surface area contributed by atoms with Crippen LogP contribution in [0.25, 0.3) is 0 Å². The predicted molar refractivity (Wildman–Crippen MR) is 133 cm³/mol. The lowest BCUT2D eigenvalue weighted by molar-refractivity contribution is -0.133. The van der Waals surface area contributed by atoms with E-state index in [1.807, 2.05) is 0 Å². The summed E-state index contributed by atoms with van der Waals surface area (Å²) in [5.41, 5.74) is -0.493. The highest BCUT2D eigenvalue weighted by molar-refractivity contribution is 6.01. The number of amides is 3. The first-order valence-electron chi connectivity index (χ1n) is 13.2. The maximum absolute atomic E-state index is 13.2. The number of nitrogens with zero attached hydrogens (tertiary/aromatic N) is 5. The standard InChI is InChI=1S/C25H41N7O3/c1-4-30-13-15-31(16-14-30)12-8-11-26-22(33)20-17-21-23(34)29(3)25(2,18-32(21)28-20)24(35)27-19-9-6-5-7-10-19/h17,19H,4-16,18H2,1-3H3,(H,26,33)(H,27,35). The second-order valence-electron chi connectivity index (χ2n) is 10.4. The van der Waals surface area contributed by atoms with Crippen molar-refractivity contribution in [3.63, 3.8) is 0 Å². The van der Waals surface area contributed by atoms with Crippen LogP contribution in [-0.2, 0) is 11.3 Å². The number of aromatic nitrogens is 2. The number of nitrogens with one attached hydrogen (secondary N) is 2. The average molecular weight is 488 g/mol. The summed E-state index contributed by atoms with van der Waals surface area (Å²) in [5.74, 6) is -0.742. The van der Waals surface area contributed by atoms with E-state index in [4.69, 9.17) is 0 Å². The van der Waals surface area contributed by atoms with Gasteiger partial charge in [0.2, 0.25) is 5.91 Å². The molecule has 0 spiro atoms. The van der Waals surface area contributed by atoms with E-state index >= 15 is 0 Å². The maximum atomic E-state index is 13.2. The lowest BCUT2D eigenvalue weighted by atomic mass is 9.92. The number of fused-ring (bicyclic) bond motifs is 1. The highest BCUT2D eigenvalue weighted by Crippen LogP contribution is 2.27. The molecule has 2 N–H and O–H groups in total. The Morgan fingerprint density at radius 3 is 2.49 bits per heavy atom. The Morgan fingerprint density at radius 2 is 1.80 bits per heavy atom. The average Bonchev–Trinajstić information content (AvgIpc) is 3.30. The van der Waals surface area contributed by atoms with Gasteiger partial charge in [0, 0.05) is 51.9 Å². The zero-order chi connectivity index (χ0) is 25.0. The monoisotopic (exact) mass is 487 g/mol. The van der Waals surface area contributed by atoms with Crippen molar-refractivity contribution >= 4 is 17.7 Å². The molecule has 3 heterocycles. The molecule has 0 radical (unpaired) electrons. The molecule has 2 aliphatic heterocycles. The Bertz CT molecular complexity index is 918. The first kappa shape index (κ1) is 25.6. The van der Waals surface area contributed by atoms with Crippen LogP contribution in [0.3, 0.4) is 0 Å². The van der Waals surface area contributed by atoms with Crippen LogP contribution in [0.5, 0.6) is 0 Å². The second kappa shape index (κ2) is 11.1.